The van der Waals surface area contributed by atoms with Crippen molar-refractivity contribution in [3.05, 3.63) is 58.4 Å². The van der Waals surface area contributed by atoms with Gasteiger partial charge in [0.1, 0.15) is 5.82 Å². The van der Waals surface area contributed by atoms with Crippen molar-refractivity contribution in [2.75, 3.05) is 6.54 Å². The number of guanidine groups is 1. The van der Waals surface area contributed by atoms with Crippen LogP contribution in [-0.2, 0) is 16.1 Å². The molecule has 2 unspecified atom stereocenters. The van der Waals surface area contributed by atoms with Crippen LogP contribution in [0.15, 0.2) is 52.1 Å². The summed E-state index contributed by atoms with van der Waals surface area (Å²) in [6, 6.07) is 6.16. The van der Waals surface area contributed by atoms with Gasteiger partial charge in [-0.25, -0.2) is 9.38 Å². The van der Waals surface area contributed by atoms with Gasteiger partial charge >= 0.3 is 0 Å². The van der Waals surface area contributed by atoms with Crippen molar-refractivity contribution in [1.82, 2.24) is 10.2 Å². The van der Waals surface area contributed by atoms with Gasteiger partial charge in [0.15, 0.2) is 5.96 Å². The van der Waals surface area contributed by atoms with E-state index in [2.05, 4.69) is 17.2 Å². The number of rotatable bonds is 6. The molecule has 0 fully saturated rings. The van der Waals surface area contributed by atoms with Gasteiger partial charge in [0, 0.05) is 12.1 Å². The third kappa shape index (κ3) is 5.09. The molecule has 1 aromatic rings. The molecule has 172 valence electrons. The molecule has 0 radical (unpaired) electrons. The predicted molar refractivity (Wildman–Crippen MR) is 124 cm³/mol. The van der Waals surface area contributed by atoms with Crippen LogP contribution >= 0.6 is 0 Å². The van der Waals surface area contributed by atoms with Crippen molar-refractivity contribution in [3.63, 3.8) is 0 Å². The SMILES string of the molecule is CC1=C(C(=O)NCc2cccc(F)c2)C=C(CN2C(=O)CC(C)(C(C)C)N=C2N)C(C)C1. The summed E-state index contributed by atoms with van der Waals surface area (Å²) in [5.74, 6) is 0.00168. The topological polar surface area (TPSA) is 87.8 Å². The smallest absolute Gasteiger partial charge is 0.251 e. The molecule has 0 saturated carbocycles. The Kier molecular flexibility index (Phi) is 6.86. The lowest BCUT2D eigenvalue weighted by Crippen LogP contribution is -2.53. The summed E-state index contributed by atoms with van der Waals surface area (Å²) < 4.78 is 13.4. The minimum Gasteiger partial charge on any atom is -0.369 e. The van der Waals surface area contributed by atoms with E-state index >= 15 is 0 Å². The minimum absolute atomic E-state index is 0.0508. The van der Waals surface area contributed by atoms with Gasteiger partial charge < -0.3 is 11.1 Å². The second-order valence-corrected chi connectivity index (χ2v) is 9.47. The van der Waals surface area contributed by atoms with Crippen molar-refractivity contribution in [2.24, 2.45) is 22.6 Å². The first-order chi connectivity index (χ1) is 15.0. The van der Waals surface area contributed by atoms with Gasteiger partial charge in [0.2, 0.25) is 5.91 Å². The zero-order chi connectivity index (χ0) is 23.6. The molecule has 2 aliphatic rings. The lowest BCUT2D eigenvalue weighted by Gasteiger charge is -2.38. The van der Waals surface area contributed by atoms with Gasteiger partial charge in [-0.2, -0.15) is 0 Å². The summed E-state index contributed by atoms with van der Waals surface area (Å²) in [7, 11) is 0. The standard InChI is InChI=1S/C25H33FN4O2/c1-15(2)25(5)12-22(31)30(24(27)29-25)14-19-11-21(17(4)9-16(19)3)23(32)28-13-18-7-6-8-20(26)10-18/h6-8,10-11,15-16H,9,12-14H2,1-5H3,(H2,27,29)(H,28,32). The lowest BCUT2D eigenvalue weighted by atomic mass is 9.83. The number of nitrogens with one attached hydrogen (secondary N) is 1. The molecule has 0 bridgehead atoms. The van der Waals surface area contributed by atoms with Crippen LogP contribution in [0, 0.1) is 17.7 Å². The van der Waals surface area contributed by atoms with Gasteiger partial charge in [0.25, 0.3) is 5.91 Å². The van der Waals surface area contributed by atoms with E-state index in [1.807, 2.05) is 33.8 Å². The van der Waals surface area contributed by atoms with E-state index in [9.17, 15) is 14.0 Å². The zero-order valence-electron chi connectivity index (χ0n) is 19.5. The van der Waals surface area contributed by atoms with E-state index in [-0.39, 0.29) is 42.0 Å². The van der Waals surface area contributed by atoms with Crippen LogP contribution in [0.1, 0.15) is 53.0 Å². The first kappa shape index (κ1) is 23.7. The monoisotopic (exact) mass is 440 g/mol. The van der Waals surface area contributed by atoms with Gasteiger partial charge in [0.05, 0.1) is 18.5 Å². The number of halogens is 1. The molecule has 1 aliphatic carbocycles. The molecule has 7 heteroatoms. The van der Waals surface area contributed by atoms with Crippen LogP contribution in [-0.4, -0.2) is 34.8 Å². The number of nitrogens with two attached hydrogens (primary N) is 1. The average Bonchev–Trinajstić information content (AvgIpc) is 2.70. The Morgan fingerprint density at radius 2 is 2.12 bits per heavy atom. The summed E-state index contributed by atoms with van der Waals surface area (Å²) in [6.45, 7) is 10.6. The van der Waals surface area contributed by atoms with Crippen molar-refractivity contribution in [1.29, 1.82) is 0 Å². The van der Waals surface area contributed by atoms with Gasteiger partial charge in [-0.3, -0.25) is 14.5 Å². The highest BCUT2D eigenvalue weighted by Crippen LogP contribution is 2.33. The molecule has 2 atom stereocenters. The molecule has 2 amide bonds. The average molecular weight is 441 g/mol. The molecular weight excluding hydrogens is 407 g/mol. The lowest BCUT2D eigenvalue weighted by molar-refractivity contribution is -0.129. The van der Waals surface area contributed by atoms with E-state index in [4.69, 9.17) is 5.73 Å². The van der Waals surface area contributed by atoms with Crippen molar-refractivity contribution < 1.29 is 14.0 Å². The molecule has 3 N–H and O–H groups in total. The molecule has 0 aromatic heterocycles. The maximum absolute atomic E-state index is 13.4. The van der Waals surface area contributed by atoms with E-state index in [1.54, 1.807) is 12.1 Å². The zero-order valence-corrected chi connectivity index (χ0v) is 19.5. The largest absolute Gasteiger partial charge is 0.369 e. The summed E-state index contributed by atoms with van der Waals surface area (Å²) >= 11 is 0. The second kappa shape index (κ2) is 9.27. The molecule has 3 rings (SSSR count). The predicted octanol–water partition coefficient (Wildman–Crippen LogP) is 3.69. The quantitative estimate of drug-likeness (QED) is 0.707. The number of carbonyl (C=O) groups is 2. The summed E-state index contributed by atoms with van der Waals surface area (Å²) in [5.41, 5.74) is 8.93. The van der Waals surface area contributed by atoms with Gasteiger partial charge in [-0.15, -0.1) is 0 Å². The third-order valence-electron chi connectivity index (χ3n) is 6.66. The molecule has 0 saturated heterocycles. The number of allylic oxidation sites excluding steroid dienone is 1. The Labute approximate surface area is 189 Å². The normalized spacial score (nSPS) is 23.9. The number of benzene rings is 1. The maximum Gasteiger partial charge on any atom is 0.251 e. The van der Waals surface area contributed by atoms with Crippen LogP contribution in [0.2, 0.25) is 0 Å². The Bertz CT molecular complexity index is 1010. The highest BCUT2D eigenvalue weighted by Gasteiger charge is 2.39. The first-order valence-corrected chi connectivity index (χ1v) is 11.1. The van der Waals surface area contributed by atoms with E-state index in [0.717, 1.165) is 17.6 Å². The first-order valence-electron chi connectivity index (χ1n) is 11.1. The summed E-state index contributed by atoms with van der Waals surface area (Å²) in [6.07, 6.45) is 2.89. The molecule has 6 nitrogen and oxygen atoms in total. The molecular formula is C25H33FN4O2. The van der Waals surface area contributed by atoms with Crippen LogP contribution in [0.3, 0.4) is 0 Å². The van der Waals surface area contributed by atoms with Crippen molar-refractivity contribution in [2.45, 2.75) is 59.5 Å². The summed E-state index contributed by atoms with van der Waals surface area (Å²) in [5, 5.41) is 2.87. The Balaban J connectivity index is 1.76. The van der Waals surface area contributed by atoms with E-state index in [1.165, 1.54) is 17.0 Å². The fraction of sp³-hybridized carbons (Fsp3) is 0.480. The molecule has 0 spiro atoms. The van der Waals surface area contributed by atoms with Crippen LogP contribution in [0.4, 0.5) is 4.39 Å². The molecule has 1 aliphatic heterocycles. The van der Waals surface area contributed by atoms with Gasteiger partial charge in [-0.05, 0) is 61.4 Å². The fourth-order valence-electron chi connectivity index (χ4n) is 4.11. The number of hydrogen-bond acceptors (Lipinski definition) is 4. The highest BCUT2D eigenvalue weighted by molar-refractivity contribution is 6.00. The van der Waals surface area contributed by atoms with Crippen LogP contribution in [0.5, 0.6) is 0 Å². The van der Waals surface area contributed by atoms with Gasteiger partial charge in [-0.1, -0.05) is 38.5 Å². The number of nitrogens with zero attached hydrogens (tertiary/aromatic N) is 2. The summed E-state index contributed by atoms with van der Waals surface area (Å²) in [4.78, 5) is 31.9. The molecule has 1 aromatic carbocycles. The maximum atomic E-state index is 13.4. The number of amides is 2. The Morgan fingerprint density at radius 3 is 2.75 bits per heavy atom. The molecule has 32 heavy (non-hydrogen) atoms. The molecule has 1 heterocycles. The van der Waals surface area contributed by atoms with Crippen LogP contribution < -0.4 is 11.1 Å². The second-order valence-electron chi connectivity index (χ2n) is 9.47. The number of hydrogen-bond donors (Lipinski definition) is 2. The van der Waals surface area contributed by atoms with Crippen molar-refractivity contribution >= 4 is 17.8 Å². The minimum atomic E-state index is -0.497. The number of aliphatic imine (C=N–C) groups is 1. The van der Waals surface area contributed by atoms with E-state index < -0.39 is 5.54 Å². The van der Waals surface area contributed by atoms with Crippen LogP contribution in [0.25, 0.3) is 0 Å². The van der Waals surface area contributed by atoms with E-state index in [0.29, 0.717) is 24.1 Å². The highest BCUT2D eigenvalue weighted by atomic mass is 19.1. The number of carbonyl (C=O) groups excluding carboxylic acids is 2. The Morgan fingerprint density at radius 1 is 1.41 bits per heavy atom. The third-order valence-corrected chi connectivity index (χ3v) is 6.66. The Hall–Kier alpha value is -2.96. The fourth-order valence-corrected chi connectivity index (χ4v) is 4.11. The van der Waals surface area contributed by atoms with Crippen molar-refractivity contribution in [3.8, 4) is 0 Å².